The van der Waals surface area contributed by atoms with Gasteiger partial charge in [0.1, 0.15) is 16.9 Å². The quantitative estimate of drug-likeness (QED) is 0.438. The van der Waals surface area contributed by atoms with Crippen molar-refractivity contribution in [2.75, 3.05) is 31.2 Å². The molecule has 5 rings (SSSR count). The second kappa shape index (κ2) is 9.67. The molecule has 0 radical (unpaired) electrons. The van der Waals surface area contributed by atoms with Crippen LogP contribution < -0.4 is 4.90 Å². The van der Waals surface area contributed by atoms with E-state index in [0.29, 0.717) is 60.4 Å². The Morgan fingerprint density at radius 2 is 1.71 bits per heavy atom. The molecule has 0 amide bonds. The van der Waals surface area contributed by atoms with Gasteiger partial charge in [0.25, 0.3) is 0 Å². The molecule has 0 spiro atoms. The van der Waals surface area contributed by atoms with Crippen LogP contribution in [0.25, 0.3) is 22.4 Å². The van der Waals surface area contributed by atoms with E-state index in [4.69, 9.17) is 4.74 Å². The molecular formula is C22H23F3N8O. The molecule has 0 atom stereocenters. The highest BCUT2D eigenvalue weighted by atomic mass is 19.4. The molecule has 5 heterocycles. The van der Waals surface area contributed by atoms with Crippen LogP contribution in [0.15, 0.2) is 36.8 Å². The van der Waals surface area contributed by atoms with Gasteiger partial charge in [-0.05, 0) is 32.0 Å². The number of morpholine rings is 1. The molecule has 1 aliphatic rings. The second-order valence-corrected chi connectivity index (χ2v) is 7.65. The Labute approximate surface area is 193 Å². The third-order valence-electron chi connectivity index (χ3n) is 5.19. The summed E-state index contributed by atoms with van der Waals surface area (Å²) < 4.78 is 45.7. The molecule has 0 saturated carbocycles. The number of nitrogens with zero attached hydrogens (tertiary/aromatic N) is 8. The van der Waals surface area contributed by atoms with Gasteiger partial charge in [-0.1, -0.05) is 0 Å². The first kappa shape index (κ1) is 23.5. The van der Waals surface area contributed by atoms with Gasteiger partial charge in [0.05, 0.1) is 24.6 Å². The summed E-state index contributed by atoms with van der Waals surface area (Å²) in [6, 6.07) is 4.17. The normalized spacial score (nSPS) is 14.1. The number of hydrogen-bond acceptors (Lipinski definition) is 8. The van der Waals surface area contributed by atoms with Crippen molar-refractivity contribution >= 4 is 17.1 Å². The number of alkyl halides is 3. The number of fused-ring (bicyclic) bond motifs is 1. The molecule has 1 saturated heterocycles. The fourth-order valence-corrected chi connectivity index (χ4v) is 3.25. The lowest BCUT2D eigenvalue weighted by Gasteiger charge is -2.27. The van der Waals surface area contributed by atoms with E-state index in [1.165, 1.54) is 6.07 Å². The summed E-state index contributed by atoms with van der Waals surface area (Å²) in [5, 5.41) is 3.83. The first-order valence-electron chi connectivity index (χ1n) is 10.6. The lowest BCUT2D eigenvalue weighted by atomic mass is 10.1. The number of aromatic nitrogens is 7. The van der Waals surface area contributed by atoms with E-state index in [2.05, 4.69) is 30.0 Å². The van der Waals surface area contributed by atoms with Crippen LogP contribution in [-0.2, 0) is 18.0 Å². The van der Waals surface area contributed by atoms with Crippen LogP contribution in [0.1, 0.15) is 17.1 Å². The Balaban J connectivity index is 0.000000398. The van der Waals surface area contributed by atoms with E-state index in [1.807, 2.05) is 38.1 Å². The number of hydrogen-bond donors (Lipinski definition) is 0. The van der Waals surface area contributed by atoms with Gasteiger partial charge in [0.15, 0.2) is 5.65 Å². The number of ether oxygens (including phenoxy) is 1. The van der Waals surface area contributed by atoms with Crippen molar-refractivity contribution < 1.29 is 17.9 Å². The summed E-state index contributed by atoms with van der Waals surface area (Å²) in [7, 11) is 1.89. The standard InChI is InChI=1S/C18H17F3N6O.C4H6N2/c1-10-11(2)24-16-15(23-10)14(12-3-4-13(22-9-12)18(19,20)21)25-17(26-16)27-5-7-28-8-6-27;1-6-4-2-3-5-6/h3-4,9H,5-8H2,1-2H3;2-4H,1H3. The zero-order chi connectivity index (χ0) is 24.3. The first-order chi connectivity index (χ1) is 16.2. The van der Waals surface area contributed by atoms with Crippen LogP contribution in [0, 0.1) is 13.8 Å². The maximum absolute atomic E-state index is 12.9. The number of pyridine rings is 1. The fourth-order valence-electron chi connectivity index (χ4n) is 3.25. The van der Waals surface area contributed by atoms with Crippen molar-refractivity contribution in [3.63, 3.8) is 0 Å². The summed E-state index contributed by atoms with van der Waals surface area (Å²) in [6.45, 7) is 5.99. The fraction of sp³-hybridized carbons (Fsp3) is 0.364. The van der Waals surface area contributed by atoms with Crippen molar-refractivity contribution in [2.45, 2.75) is 20.0 Å². The Morgan fingerprint density at radius 1 is 0.971 bits per heavy atom. The zero-order valence-electron chi connectivity index (χ0n) is 18.9. The maximum atomic E-state index is 12.9. The Morgan fingerprint density at radius 3 is 2.26 bits per heavy atom. The number of aryl methyl sites for hydroxylation is 3. The minimum absolute atomic E-state index is 0.398. The van der Waals surface area contributed by atoms with E-state index in [0.717, 1.165) is 18.0 Å². The van der Waals surface area contributed by atoms with Gasteiger partial charge in [0, 0.05) is 44.3 Å². The van der Waals surface area contributed by atoms with E-state index in [1.54, 1.807) is 10.9 Å². The third-order valence-corrected chi connectivity index (χ3v) is 5.19. The Hall–Kier alpha value is -3.67. The summed E-state index contributed by atoms with van der Waals surface area (Å²) in [5.74, 6) is 0.447. The van der Waals surface area contributed by atoms with Crippen LogP contribution in [0.5, 0.6) is 0 Å². The van der Waals surface area contributed by atoms with Crippen LogP contribution in [-0.4, -0.2) is 61.0 Å². The SMILES string of the molecule is Cc1nc2nc(N3CCOCC3)nc(-c3ccc(C(F)(F)F)nc3)c2nc1C.Cn1cccn1. The molecule has 34 heavy (non-hydrogen) atoms. The van der Waals surface area contributed by atoms with E-state index >= 15 is 0 Å². The average Bonchev–Trinajstić information content (AvgIpc) is 3.31. The zero-order valence-corrected chi connectivity index (χ0v) is 18.9. The van der Waals surface area contributed by atoms with Gasteiger partial charge in [-0.25, -0.2) is 15.0 Å². The molecule has 12 heteroatoms. The van der Waals surface area contributed by atoms with Crippen molar-refractivity contribution in [1.29, 1.82) is 0 Å². The van der Waals surface area contributed by atoms with Crippen molar-refractivity contribution in [3.8, 4) is 11.3 Å². The number of rotatable bonds is 2. The van der Waals surface area contributed by atoms with Gasteiger partial charge in [0.2, 0.25) is 5.95 Å². The highest BCUT2D eigenvalue weighted by Gasteiger charge is 2.32. The Kier molecular flexibility index (Phi) is 6.68. The molecule has 178 valence electrons. The third kappa shape index (κ3) is 5.28. The molecule has 0 aromatic carbocycles. The summed E-state index contributed by atoms with van der Waals surface area (Å²) in [6.07, 6.45) is 0.295. The summed E-state index contributed by atoms with van der Waals surface area (Å²) in [4.78, 5) is 23.7. The van der Waals surface area contributed by atoms with Crippen molar-refractivity contribution in [1.82, 2.24) is 34.7 Å². The minimum Gasteiger partial charge on any atom is -0.378 e. The molecular weight excluding hydrogens is 449 g/mol. The molecule has 4 aromatic heterocycles. The predicted octanol–water partition coefficient (Wildman–Crippen LogP) is 3.37. The van der Waals surface area contributed by atoms with Crippen LogP contribution in [0.4, 0.5) is 19.1 Å². The molecule has 4 aromatic rings. The molecule has 1 fully saturated rings. The predicted molar refractivity (Wildman–Crippen MR) is 119 cm³/mol. The summed E-state index contributed by atoms with van der Waals surface area (Å²) >= 11 is 0. The minimum atomic E-state index is -4.50. The van der Waals surface area contributed by atoms with E-state index < -0.39 is 11.9 Å². The van der Waals surface area contributed by atoms with Crippen LogP contribution in [0.2, 0.25) is 0 Å². The maximum Gasteiger partial charge on any atom is 0.433 e. The first-order valence-corrected chi connectivity index (χ1v) is 10.6. The topological polar surface area (TPSA) is 94.7 Å². The molecule has 0 N–H and O–H groups in total. The van der Waals surface area contributed by atoms with Crippen molar-refractivity contribution in [2.24, 2.45) is 7.05 Å². The monoisotopic (exact) mass is 472 g/mol. The number of anilines is 1. The number of halogens is 3. The van der Waals surface area contributed by atoms with E-state index in [-0.39, 0.29) is 0 Å². The molecule has 1 aliphatic heterocycles. The van der Waals surface area contributed by atoms with Gasteiger partial charge >= 0.3 is 6.18 Å². The second-order valence-electron chi connectivity index (χ2n) is 7.65. The largest absolute Gasteiger partial charge is 0.433 e. The lowest BCUT2D eigenvalue weighted by molar-refractivity contribution is -0.141. The van der Waals surface area contributed by atoms with Gasteiger partial charge < -0.3 is 9.64 Å². The highest BCUT2D eigenvalue weighted by molar-refractivity contribution is 5.87. The molecule has 0 unspecified atom stereocenters. The lowest BCUT2D eigenvalue weighted by Crippen LogP contribution is -2.37. The van der Waals surface area contributed by atoms with Gasteiger partial charge in [-0.2, -0.15) is 23.3 Å². The Bertz CT molecular complexity index is 1250. The van der Waals surface area contributed by atoms with Crippen LogP contribution >= 0.6 is 0 Å². The van der Waals surface area contributed by atoms with Crippen molar-refractivity contribution in [3.05, 3.63) is 53.9 Å². The summed E-state index contributed by atoms with van der Waals surface area (Å²) in [5.41, 5.74) is 2.14. The highest BCUT2D eigenvalue weighted by Crippen LogP contribution is 2.31. The molecule has 0 aliphatic carbocycles. The van der Waals surface area contributed by atoms with Gasteiger partial charge in [-0.15, -0.1) is 0 Å². The van der Waals surface area contributed by atoms with E-state index in [9.17, 15) is 13.2 Å². The smallest absolute Gasteiger partial charge is 0.378 e. The average molecular weight is 472 g/mol. The molecule has 0 bridgehead atoms. The van der Waals surface area contributed by atoms with Crippen LogP contribution in [0.3, 0.4) is 0 Å². The molecule has 9 nitrogen and oxygen atoms in total. The van der Waals surface area contributed by atoms with Gasteiger partial charge in [-0.3, -0.25) is 9.67 Å².